The number of hydrogen-bond acceptors (Lipinski definition) is 3. The van der Waals surface area contributed by atoms with Gasteiger partial charge in [-0.1, -0.05) is 18.9 Å². The van der Waals surface area contributed by atoms with Crippen LogP contribution in [0.3, 0.4) is 0 Å². The Morgan fingerprint density at radius 3 is 2.81 bits per heavy atom. The van der Waals surface area contributed by atoms with Crippen molar-refractivity contribution in [2.24, 2.45) is 0 Å². The molecule has 0 bridgehead atoms. The zero-order chi connectivity index (χ0) is 14.8. The second-order valence-electron chi connectivity index (χ2n) is 5.36. The number of hydrogen-bond donors (Lipinski definition) is 1. The van der Waals surface area contributed by atoms with Gasteiger partial charge in [0.25, 0.3) is 0 Å². The van der Waals surface area contributed by atoms with Crippen molar-refractivity contribution in [1.82, 2.24) is 9.78 Å². The lowest BCUT2D eigenvalue weighted by Crippen LogP contribution is -2.03. The molecule has 0 radical (unpaired) electrons. The number of aromatic nitrogens is 2. The van der Waals surface area contributed by atoms with Gasteiger partial charge in [0.2, 0.25) is 0 Å². The number of benzene rings is 1. The number of carbonyl (C=O) groups is 1. The van der Waals surface area contributed by atoms with Crippen LogP contribution in [-0.4, -0.2) is 28.0 Å². The van der Waals surface area contributed by atoms with E-state index >= 15 is 0 Å². The van der Waals surface area contributed by atoms with E-state index in [9.17, 15) is 9.90 Å². The summed E-state index contributed by atoms with van der Waals surface area (Å²) in [7, 11) is 1.61. The maximum atomic E-state index is 11.5. The molecule has 0 amide bonds. The first-order chi connectivity index (χ1) is 10.2. The number of aromatic carboxylic acids is 1. The summed E-state index contributed by atoms with van der Waals surface area (Å²) in [6.07, 6.45) is 5.95. The lowest BCUT2D eigenvalue weighted by molar-refractivity contribution is 0.0695. The summed E-state index contributed by atoms with van der Waals surface area (Å²) in [6.45, 7) is 0. The molecule has 0 aliphatic heterocycles. The van der Waals surface area contributed by atoms with Crippen molar-refractivity contribution in [1.29, 1.82) is 0 Å². The van der Waals surface area contributed by atoms with Crippen LogP contribution in [0.2, 0.25) is 0 Å². The van der Waals surface area contributed by atoms with Gasteiger partial charge in [-0.15, -0.1) is 0 Å². The van der Waals surface area contributed by atoms with E-state index in [0.29, 0.717) is 11.3 Å². The Hall–Kier alpha value is -2.30. The van der Waals surface area contributed by atoms with Crippen LogP contribution in [0.1, 0.15) is 47.7 Å². The maximum Gasteiger partial charge on any atom is 0.339 e. The maximum absolute atomic E-state index is 11.5. The van der Waals surface area contributed by atoms with Gasteiger partial charge in [-0.05, 0) is 25.0 Å². The Balaban J connectivity index is 2.02. The molecule has 5 nitrogen and oxygen atoms in total. The van der Waals surface area contributed by atoms with E-state index in [2.05, 4.69) is 5.10 Å². The highest BCUT2D eigenvalue weighted by atomic mass is 16.5. The van der Waals surface area contributed by atoms with Crippen molar-refractivity contribution >= 4 is 5.97 Å². The van der Waals surface area contributed by atoms with Crippen molar-refractivity contribution in [3.8, 4) is 11.4 Å². The molecule has 0 saturated heterocycles. The molecule has 1 saturated carbocycles. The Morgan fingerprint density at radius 1 is 1.38 bits per heavy atom. The second-order valence-corrected chi connectivity index (χ2v) is 5.36. The van der Waals surface area contributed by atoms with Crippen LogP contribution in [0.15, 0.2) is 30.5 Å². The Kier molecular flexibility index (Phi) is 3.64. The highest BCUT2D eigenvalue weighted by Crippen LogP contribution is 2.35. The molecular weight excluding hydrogens is 268 g/mol. The third-order valence-corrected chi connectivity index (χ3v) is 4.03. The first-order valence-electron chi connectivity index (χ1n) is 7.16. The van der Waals surface area contributed by atoms with Crippen LogP contribution >= 0.6 is 0 Å². The molecule has 1 aromatic heterocycles. The van der Waals surface area contributed by atoms with E-state index in [1.165, 1.54) is 0 Å². The molecule has 0 spiro atoms. The smallest absolute Gasteiger partial charge is 0.339 e. The summed E-state index contributed by atoms with van der Waals surface area (Å²) in [5.74, 6) is 0.0799. The van der Waals surface area contributed by atoms with Crippen LogP contribution in [0, 0.1) is 0 Å². The average Bonchev–Trinajstić information content (AvgIpc) is 3.16. The van der Waals surface area contributed by atoms with Crippen molar-refractivity contribution in [2.45, 2.75) is 31.6 Å². The molecule has 1 aromatic carbocycles. The molecule has 0 atom stereocenters. The molecule has 0 unspecified atom stereocenters. The zero-order valence-electron chi connectivity index (χ0n) is 12.0. The van der Waals surface area contributed by atoms with Crippen molar-refractivity contribution in [3.63, 3.8) is 0 Å². The average molecular weight is 286 g/mol. The van der Waals surface area contributed by atoms with Gasteiger partial charge < -0.3 is 9.84 Å². The third-order valence-electron chi connectivity index (χ3n) is 4.03. The number of methoxy groups -OCH3 is 1. The molecule has 110 valence electrons. The van der Waals surface area contributed by atoms with Crippen LogP contribution in [0.5, 0.6) is 5.75 Å². The fourth-order valence-electron chi connectivity index (χ4n) is 2.94. The Labute approximate surface area is 123 Å². The summed E-state index contributed by atoms with van der Waals surface area (Å²) in [4.78, 5) is 11.5. The monoisotopic (exact) mass is 286 g/mol. The lowest BCUT2D eigenvalue weighted by atomic mass is 10.0. The summed E-state index contributed by atoms with van der Waals surface area (Å²) < 4.78 is 6.84. The molecule has 1 aliphatic carbocycles. The highest BCUT2D eigenvalue weighted by Gasteiger charge is 2.26. The number of ether oxygens (including phenoxy) is 1. The standard InChI is InChI=1S/C16H18N2O3/c1-21-13-8-4-7-12(9-13)18-10-14(16(19)20)15(17-18)11-5-2-3-6-11/h4,7-11H,2-3,5-6H2,1H3,(H,19,20). The summed E-state index contributed by atoms with van der Waals surface area (Å²) in [5, 5.41) is 13.9. The normalized spacial score (nSPS) is 15.3. The van der Waals surface area contributed by atoms with E-state index in [1.807, 2.05) is 24.3 Å². The molecule has 5 heteroatoms. The first-order valence-corrected chi connectivity index (χ1v) is 7.16. The minimum atomic E-state index is -0.911. The van der Waals surface area contributed by atoms with E-state index < -0.39 is 5.97 Å². The number of rotatable bonds is 4. The van der Waals surface area contributed by atoms with Gasteiger partial charge in [-0.25, -0.2) is 9.48 Å². The summed E-state index contributed by atoms with van der Waals surface area (Å²) in [5.41, 5.74) is 1.83. The van der Waals surface area contributed by atoms with Crippen LogP contribution in [-0.2, 0) is 0 Å². The predicted octanol–water partition coefficient (Wildman–Crippen LogP) is 3.24. The third kappa shape index (κ3) is 2.63. The quantitative estimate of drug-likeness (QED) is 0.937. The van der Waals surface area contributed by atoms with Crippen molar-refractivity contribution in [3.05, 3.63) is 41.7 Å². The number of carboxylic acid groups (broad SMARTS) is 1. The Morgan fingerprint density at radius 2 is 2.14 bits per heavy atom. The zero-order valence-corrected chi connectivity index (χ0v) is 12.0. The van der Waals surface area contributed by atoms with Crippen LogP contribution in [0.4, 0.5) is 0 Å². The lowest BCUT2D eigenvalue weighted by Gasteiger charge is -2.06. The van der Waals surface area contributed by atoms with Crippen LogP contribution < -0.4 is 4.74 Å². The van der Waals surface area contributed by atoms with Crippen molar-refractivity contribution in [2.75, 3.05) is 7.11 Å². The molecule has 3 rings (SSSR count). The van der Waals surface area contributed by atoms with E-state index in [1.54, 1.807) is 18.0 Å². The molecule has 2 aromatic rings. The topological polar surface area (TPSA) is 64.3 Å². The van der Waals surface area contributed by atoms with Crippen molar-refractivity contribution < 1.29 is 14.6 Å². The van der Waals surface area contributed by atoms with Gasteiger partial charge in [-0.2, -0.15) is 5.10 Å². The van der Waals surface area contributed by atoms with Gasteiger partial charge in [0, 0.05) is 18.2 Å². The molecule has 1 N–H and O–H groups in total. The predicted molar refractivity (Wildman–Crippen MR) is 78.3 cm³/mol. The fourth-order valence-corrected chi connectivity index (χ4v) is 2.94. The first kappa shape index (κ1) is 13.7. The number of carboxylic acids is 1. The molecule has 1 aliphatic rings. The Bertz CT molecular complexity index is 657. The van der Waals surface area contributed by atoms with E-state index in [4.69, 9.17) is 4.74 Å². The van der Waals surface area contributed by atoms with Crippen LogP contribution in [0.25, 0.3) is 5.69 Å². The largest absolute Gasteiger partial charge is 0.497 e. The molecule has 1 fully saturated rings. The van der Waals surface area contributed by atoms with E-state index in [0.717, 1.165) is 37.1 Å². The summed E-state index contributed by atoms with van der Waals surface area (Å²) >= 11 is 0. The second kappa shape index (κ2) is 5.60. The molecule has 21 heavy (non-hydrogen) atoms. The fraction of sp³-hybridized carbons (Fsp3) is 0.375. The number of nitrogens with zero attached hydrogens (tertiary/aromatic N) is 2. The van der Waals surface area contributed by atoms with Gasteiger partial charge >= 0.3 is 5.97 Å². The van der Waals surface area contributed by atoms with Gasteiger partial charge in [0.15, 0.2) is 0 Å². The molecular formula is C16H18N2O3. The highest BCUT2D eigenvalue weighted by molar-refractivity contribution is 5.89. The van der Waals surface area contributed by atoms with E-state index in [-0.39, 0.29) is 5.92 Å². The molecule has 1 heterocycles. The van der Waals surface area contributed by atoms with Gasteiger partial charge in [-0.3, -0.25) is 0 Å². The van der Waals surface area contributed by atoms with Gasteiger partial charge in [0.1, 0.15) is 11.3 Å². The minimum Gasteiger partial charge on any atom is -0.497 e. The minimum absolute atomic E-state index is 0.267. The summed E-state index contributed by atoms with van der Waals surface area (Å²) in [6, 6.07) is 7.45. The SMILES string of the molecule is COc1cccc(-n2cc(C(=O)O)c(C3CCCC3)n2)c1. The van der Waals surface area contributed by atoms with Gasteiger partial charge in [0.05, 0.1) is 18.5 Å².